The first-order chi connectivity index (χ1) is 5.97. The summed E-state index contributed by atoms with van der Waals surface area (Å²) in [5, 5.41) is 0. The van der Waals surface area contributed by atoms with Crippen molar-refractivity contribution in [2.45, 2.75) is 0 Å². The fraction of sp³-hybridized carbons (Fsp3) is 0. The zero-order valence-electron chi connectivity index (χ0n) is 6.31. The lowest BCUT2D eigenvalue weighted by atomic mass is 10.3. The van der Waals surface area contributed by atoms with Gasteiger partial charge in [0.1, 0.15) is 11.9 Å². The maximum atomic E-state index is 4.12. The van der Waals surface area contributed by atoms with Crippen LogP contribution in [0.5, 0.6) is 0 Å². The molecule has 0 fully saturated rings. The van der Waals surface area contributed by atoms with Crippen molar-refractivity contribution in [3.8, 4) is 11.4 Å². The summed E-state index contributed by atoms with van der Waals surface area (Å²) in [6, 6.07) is 5.64. The van der Waals surface area contributed by atoms with Crippen LogP contribution in [0.25, 0.3) is 11.4 Å². The van der Waals surface area contributed by atoms with E-state index < -0.39 is 0 Å². The fourth-order valence-corrected chi connectivity index (χ4v) is 0.895. The smallest absolute Gasteiger partial charge is 0.119 e. The van der Waals surface area contributed by atoms with Crippen LogP contribution in [0.3, 0.4) is 0 Å². The third kappa shape index (κ3) is 1.29. The average molecular weight is 156 g/mol. The van der Waals surface area contributed by atoms with Crippen LogP contribution in [-0.4, -0.2) is 15.0 Å². The molecule has 2 aromatic rings. The highest BCUT2D eigenvalue weighted by molar-refractivity contribution is 5.50. The topological polar surface area (TPSA) is 38.7 Å². The van der Waals surface area contributed by atoms with Crippen molar-refractivity contribution >= 4 is 0 Å². The van der Waals surface area contributed by atoms with E-state index in [9.17, 15) is 0 Å². The van der Waals surface area contributed by atoms with Gasteiger partial charge in [-0.1, -0.05) is 6.07 Å². The van der Waals surface area contributed by atoms with Crippen LogP contribution in [0.15, 0.2) is 36.8 Å². The Bertz CT molecular complexity index is 307. The molecule has 0 aliphatic carbocycles. The van der Waals surface area contributed by atoms with Crippen molar-refractivity contribution in [2.24, 2.45) is 0 Å². The molecule has 0 saturated heterocycles. The van der Waals surface area contributed by atoms with Gasteiger partial charge in [0.25, 0.3) is 0 Å². The minimum Gasteiger partial charge on any atom is -0.255 e. The Morgan fingerprint density at radius 1 is 1.00 bits per heavy atom. The van der Waals surface area contributed by atoms with Crippen molar-refractivity contribution in [1.82, 2.24) is 15.0 Å². The molecule has 0 aromatic carbocycles. The van der Waals surface area contributed by atoms with Gasteiger partial charge in [-0.25, -0.2) is 0 Å². The summed E-state index contributed by atoms with van der Waals surface area (Å²) in [6.45, 7) is 0. The van der Waals surface area contributed by atoms with E-state index in [-0.39, 0.29) is 0 Å². The summed E-state index contributed by atoms with van der Waals surface area (Å²) >= 11 is 0. The van der Waals surface area contributed by atoms with Gasteiger partial charge in [0, 0.05) is 18.6 Å². The lowest BCUT2D eigenvalue weighted by molar-refractivity contribution is 1.17. The SMILES string of the molecule is [c]1nccnc1-c1ccccn1. The van der Waals surface area contributed by atoms with Crippen LogP contribution in [0, 0.1) is 6.20 Å². The normalized spacial score (nSPS) is 9.67. The predicted molar refractivity (Wildman–Crippen MR) is 44.1 cm³/mol. The zero-order valence-corrected chi connectivity index (χ0v) is 6.31. The first kappa shape index (κ1) is 6.91. The van der Waals surface area contributed by atoms with Gasteiger partial charge in [-0.05, 0) is 12.1 Å². The molecule has 0 bridgehead atoms. The van der Waals surface area contributed by atoms with Crippen LogP contribution in [0.4, 0.5) is 0 Å². The van der Waals surface area contributed by atoms with Crippen LogP contribution in [-0.2, 0) is 0 Å². The Kier molecular flexibility index (Phi) is 1.78. The van der Waals surface area contributed by atoms with Gasteiger partial charge >= 0.3 is 0 Å². The second-order valence-electron chi connectivity index (χ2n) is 2.23. The molecule has 3 heteroatoms. The van der Waals surface area contributed by atoms with Crippen LogP contribution in [0.2, 0.25) is 0 Å². The first-order valence-corrected chi connectivity index (χ1v) is 3.57. The van der Waals surface area contributed by atoms with E-state index in [1.54, 1.807) is 18.6 Å². The highest BCUT2D eigenvalue weighted by atomic mass is 14.8. The lowest BCUT2D eigenvalue weighted by Crippen LogP contribution is -1.86. The molecule has 0 unspecified atom stereocenters. The van der Waals surface area contributed by atoms with E-state index in [0.717, 1.165) is 5.69 Å². The van der Waals surface area contributed by atoms with Gasteiger partial charge < -0.3 is 0 Å². The second-order valence-corrected chi connectivity index (χ2v) is 2.23. The molecule has 57 valence electrons. The molecule has 0 aliphatic heterocycles. The summed E-state index contributed by atoms with van der Waals surface area (Å²) in [5.41, 5.74) is 1.48. The minimum atomic E-state index is 0.679. The Morgan fingerprint density at radius 3 is 2.67 bits per heavy atom. The van der Waals surface area contributed by atoms with E-state index >= 15 is 0 Å². The number of hydrogen-bond donors (Lipinski definition) is 0. The Morgan fingerprint density at radius 2 is 2.00 bits per heavy atom. The van der Waals surface area contributed by atoms with Crippen LogP contribution in [0.1, 0.15) is 0 Å². The van der Waals surface area contributed by atoms with Crippen molar-refractivity contribution in [3.05, 3.63) is 43.0 Å². The molecule has 0 N–H and O–H groups in total. The molecule has 1 radical (unpaired) electrons. The highest BCUT2D eigenvalue weighted by Crippen LogP contribution is 2.08. The van der Waals surface area contributed by atoms with Gasteiger partial charge in [0.15, 0.2) is 0 Å². The Hall–Kier alpha value is -1.77. The van der Waals surface area contributed by atoms with Crippen molar-refractivity contribution < 1.29 is 0 Å². The summed E-state index contributed by atoms with van der Waals surface area (Å²) in [7, 11) is 0. The maximum absolute atomic E-state index is 4.12. The maximum Gasteiger partial charge on any atom is 0.119 e. The van der Waals surface area contributed by atoms with Crippen molar-refractivity contribution in [1.29, 1.82) is 0 Å². The molecule has 2 rings (SSSR count). The van der Waals surface area contributed by atoms with E-state index in [1.165, 1.54) is 0 Å². The zero-order chi connectivity index (χ0) is 8.23. The monoisotopic (exact) mass is 156 g/mol. The Balaban J connectivity index is 2.46. The van der Waals surface area contributed by atoms with Gasteiger partial charge in [-0.2, -0.15) is 0 Å². The Labute approximate surface area is 70.1 Å². The number of pyridine rings is 1. The van der Waals surface area contributed by atoms with E-state index in [2.05, 4.69) is 21.1 Å². The summed E-state index contributed by atoms with van der Waals surface area (Å²) < 4.78 is 0. The number of rotatable bonds is 1. The molecule has 0 spiro atoms. The highest BCUT2D eigenvalue weighted by Gasteiger charge is 1.97. The van der Waals surface area contributed by atoms with E-state index in [4.69, 9.17) is 0 Å². The van der Waals surface area contributed by atoms with Crippen molar-refractivity contribution in [3.63, 3.8) is 0 Å². The first-order valence-electron chi connectivity index (χ1n) is 3.57. The van der Waals surface area contributed by atoms with Crippen LogP contribution < -0.4 is 0 Å². The predicted octanol–water partition coefficient (Wildman–Crippen LogP) is 1.34. The minimum absolute atomic E-state index is 0.679. The molecular weight excluding hydrogens is 150 g/mol. The third-order valence-corrected chi connectivity index (χ3v) is 1.42. The van der Waals surface area contributed by atoms with Gasteiger partial charge in [0.05, 0.1) is 5.69 Å². The average Bonchev–Trinajstić information content (AvgIpc) is 2.21. The number of hydrogen-bond acceptors (Lipinski definition) is 3. The standard InChI is InChI=1S/C9H6N3/c1-2-4-11-8(3-1)9-7-10-5-6-12-9/h1-6H. The lowest BCUT2D eigenvalue weighted by Gasteiger charge is -1.94. The summed E-state index contributed by atoms with van der Waals surface area (Å²) in [6.07, 6.45) is 7.70. The molecule has 0 aliphatic rings. The molecule has 0 amide bonds. The van der Waals surface area contributed by atoms with Crippen LogP contribution >= 0.6 is 0 Å². The summed E-state index contributed by atoms with van der Waals surface area (Å²) in [5.74, 6) is 0. The number of nitrogens with zero attached hydrogens (tertiary/aromatic N) is 3. The van der Waals surface area contributed by atoms with E-state index in [0.29, 0.717) is 5.69 Å². The molecule has 12 heavy (non-hydrogen) atoms. The second kappa shape index (κ2) is 3.09. The molecule has 3 nitrogen and oxygen atoms in total. The van der Waals surface area contributed by atoms with Gasteiger partial charge in [0.2, 0.25) is 0 Å². The third-order valence-electron chi connectivity index (χ3n) is 1.42. The molecule has 2 aromatic heterocycles. The van der Waals surface area contributed by atoms with Gasteiger partial charge in [-0.15, -0.1) is 0 Å². The van der Waals surface area contributed by atoms with Crippen molar-refractivity contribution in [2.75, 3.05) is 0 Å². The quantitative estimate of drug-likeness (QED) is 0.625. The molecular formula is C9H6N3. The largest absolute Gasteiger partial charge is 0.255 e. The fourth-order valence-electron chi connectivity index (χ4n) is 0.895. The molecule has 2 heterocycles. The van der Waals surface area contributed by atoms with E-state index in [1.807, 2.05) is 18.2 Å². The summed E-state index contributed by atoms with van der Waals surface area (Å²) in [4.78, 5) is 12.0. The number of aromatic nitrogens is 3. The molecule has 0 saturated carbocycles. The van der Waals surface area contributed by atoms with Gasteiger partial charge in [-0.3, -0.25) is 15.0 Å². The molecule has 0 atom stereocenters.